The molecular formula is C16H13Cl2N3O2. The minimum atomic E-state index is -0.886. The van der Waals surface area contributed by atoms with Gasteiger partial charge in [0, 0.05) is 21.3 Å². The molecule has 0 aliphatic rings. The number of carbonyl (C=O) groups is 2. The van der Waals surface area contributed by atoms with E-state index in [4.69, 9.17) is 23.2 Å². The molecule has 23 heavy (non-hydrogen) atoms. The largest absolute Gasteiger partial charge is 0.329 e. The molecule has 5 nitrogen and oxygen atoms in total. The quantitative estimate of drug-likeness (QED) is 0.506. The van der Waals surface area contributed by atoms with E-state index in [1.54, 1.807) is 49.4 Å². The molecular weight excluding hydrogens is 337 g/mol. The Bertz CT molecular complexity index is 776. The van der Waals surface area contributed by atoms with Crippen molar-refractivity contribution in [1.82, 2.24) is 5.43 Å². The smallest absolute Gasteiger partial charge is 0.317 e. The van der Waals surface area contributed by atoms with Crippen LogP contribution in [0.1, 0.15) is 11.1 Å². The van der Waals surface area contributed by atoms with Gasteiger partial charge in [-0.05, 0) is 36.8 Å². The number of nitrogens with zero attached hydrogens (tertiary/aromatic N) is 1. The van der Waals surface area contributed by atoms with Crippen molar-refractivity contribution >= 4 is 46.9 Å². The fourth-order valence-corrected chi connectivity index (χ4v) is 2.15. The zero-order valence-electron chi connectivity index (χ0n) is 12.1. The number of hydrazone groups is 1. The predicted octanol–water partition coefficient (Wildman–Crippen LogP) is 3.39. The number of hydrogen-bond donors (Lipinski definition) is 2. The minimum Gasteiger partial charge on any atom is -0.317 e. The summed E-state index contributed by atoms with van der Waals surface area (Å²) in [4.78, 5) is 23.5. The van der Waals surface area contributed by atoms with Crippen molar-refractivity contribution in [1.29, 1.82) is 0 Å². The van der Waals surface area contributed by atoms with Crippen molar-refractivity contribution in [2.24, 2.45) is 5.10 Å². The first-order valence-corrected chi connectivity index (χ1v) is 7.38. The van der Waals surface area contributed by atoms with Crippen molar-refractivity contribution in [2.75, 3.05) is 5.32 Å². The van der Waals surface area contributed by atoms with Crippen LogP contribution >= 0.6 is 23.2 Å². The van der Waals surface area contributed by atoms with Crippen LogP contribution in [0.2, 0.25) is 10.0 Å². The average molecular weight is 350 g/mol. The third-order valence-corrected chi connectivity index (χ3v) is 3.50. The SMILES string of the molecule is Cc1cc(Cl)ccc1NC(=O)C(=O)N/N=C/c1ccccc1Cl. The van der Waals surface area contributed by atoms with E-state index in [9.17, 15) is 9.59 Å². The molecule has 0 atom stereocenters. The molecule has 0 spiro atoms. The number of hydrogen-bond acceptors (Lipinski definition) is 3. The Morgan fingerprint density at radius 2 is 1.83 bits per heavy atom. The summed E-state index contributed by atoms with van der Waals surface area (Å²) in [5.41, 5.74) is 4.02. The summed E-state index contributed by atoms with van der Waals surface area (Å²) in [5.74, 6) is -1.71. The van der Waals surface area contributed by atoms with E-state index in [2.05, 4.69) is 15.8 Å². The van der Waals surface area contributed by atoms with E-state index < -0.39 is 11.8 Å². The Morgan fingerprint density at radius 1 is 1.09 bits per heavy atom. The highest BCUT2D eigenvalue weighted by Crippen LogP contribution is 2.19. The Kier molecular flexibility index (Phi) is 5.73. The number of anilines is 1. The van der Waals surface area contributed by atoms with Gasteiger partial charge >= 0.3 is 11.8 Å². The van der Waals surface area contributed by atoms with Crippen LogP contribution in [0.4, 0.5) is 5.69 Å². The lowest BCUT2D eigenvalue weighted by Gasteiger charge is -2.07. The molecule has 0 radical (unpaired) electrons. The Morgan fingerprint density at radius 3 is 2.52 bits per heavy atom. The normalized spacial score (nSPS) is 10.6. The molecule has 2 aromatic rings. The Labute approximate surface area is 143 Å². The summed E-state index contributed by atoms with van der Waals surface area (Å²) >= 11 is 11.8. The van der Waals surface area contributed by atoms with Gasteiger partial charge in [-0.15, -0.1) is 0 Å². The second-order valence-corrected chi connectivity index (χ2v) is 5.48. The highest BCUT2D eigenvalue weighted by atomic mass is 35.5. The van der Waals surface area contributed by atoms with E-state index in [-0.39, 0.29) is 0 Å². The van der Waals surface area contributed by atoms with Gasteiger partial charge in [0.2, 0.25) is 0 Å². The fourth-order valence-electron chi connectivity index (χ4n) is 1.74. The van der Waals surface area contributed by atoms with Gasteiger partial charge in [0.15, 0.2) is 0 Å². The molecule has 0 fully saturated rings. The van der Waals surface area contributed by atoms with Crippen molar-refractivity contribution in [3.63, 3.8) is 0 Å². The van der Waals surface area contributed by atoms with E-state index in [0.717, 1.165) is 5.56 Å². The zero-order chi connectivity index (χ0) is 16.8. The van der Waals surface area contributed by atoms with Gasteiger partial charge in [-0.2, -0.15) is 5.10 Å². The number of amides is 2. The van der Waals surface area contributed by atoms with Crippen molar-refractivity contribution in [3.05, 3.63) is 63.6 Å². The lowest BCUT2D eigenvalue weighted by atomic mass is 10.2. The molecule has 2 rings (SSSR count). The monoisotopic (exact) mass is 349 g/mol. The van der Waals surface area contributed by atoms with Crippen LogP contribution in [0.15, 0.2) is 47.6 Å². The van der Waals surface area contributed by atoms with Crippen LogP contribution in [0.3, 0.4) is 0 Å². The number of benzene rings is 2. The Balaban J connectivity index is 1.95. The number of carbonyl (C=O) groups excluding carboxylic acids is 2. The maximum atomic E-state index is 11.8. The second-order valence-electron chi connectivity index (χ2n) is 4.63. The summed E-state index contributed by atoms with van der Waals surface area (Å²) < 4.78 is 0. The van der Waals surface area contributed by atoms with E-state index in [0.29, 0.717) is 21.3 Å². The van der Waals surface area contributed by atoms with Crippen LogP contribution in [-0.2, 0) is 9.59 Å². The van der Waals surface area contributed by atoms with Gasteiger partial charge in [0.1, 0.15) is 0 Å². The third-order valence-electron chi connectivity index (χ3n) is 2.92. The minimum absolute atomic E-state index is 0.492. The van der Waals surface area contributed by atoms with Crippen LogP contribution in [0, 0.1) is 6.92 Å². The number of halogens is 2. The average Bonchev–Trinajstić information content (AvgIpc) is 2.51. The molecule has 0 heterocycles. The fraction of sp³-hybridized carbons (Fsp3) is 0.0625. The molecule has 0 aliphatic carbocycles. The molecule has 0 saturated heterocycles. The van der Waals surface area contributed by atoms with Gasteiger partial charge < -0.3 is 5.32 Å². The predicted molar refractivity (Wildman–Crippen MR) is 92.0 cm³/mol. The van der Waals surface area contributed by atoms with Crippen LogP contribution < -0.4 is 10.7 Å². The molecule has 118 valence electrons. The molecule has 7 heteroatoms. The molecule has 0 aliphatic heterocycles. The molecule has 0 saturated carbocycles. The highest BCUT2D eigenvalue weighted by molar-refractivity contribution is 6.39. The van der Waals surface area contributed by atoms with Gasteiger partial charge in [0.25, 0.3) is 0 Å². The second kappa shape index (κ2) is 7.76. The van der Waals surface area contributed by atoms with Crippen molar-refractivity contribution in [2.45, 2.75) is 6.92 Å². The first-order chi connectivity index (χ1) is 11.0. The lowest BCUT2D eigenvalue weighted by Crippen LogP contribution is -2.32. The molecule has 0 bridgehead atoms. The standard InChI is InChI=1S/C16H13Cl2N3O2/c1-10-8-12(17)6-7-14(10)20-15(22)16(23)21-19-9-11-4-2-3-5-13(11)18/h2-9H,1H3,(H,20,22)(H,21,23)/b19-9+. The van der Waals surface area contributed by atoms with Gasteiger partial charge in [-0.3, -0.25) is 9.59 Å². The zero-order valence-corrected chi connectivity index (χ0v) is 13.7. The van der Waals surface area contributed by atoms with Crippen LogP contribution in [0.5, 0.6) is 0 Å². The first kappa shape index (κ1) is 17.0. The summed E-state index contributed by atoms with van der Waals surface area (Å²) in [7, 11) is 0. The van der Waals surface area contributed by atoms with Crippen LogP contribution in [0.25, 0.3) is 0 Å². The number of rotatable bonds is 3. The van der Waals surface area contributed by atoms with E-state index in [1.165, 1.54) is 6.21 Å². The molecule has 2 N–H and O–H groups in total. The van der Waals surface area contributed by atoms with Gasteiger partial charge in [0.05, 0.1) is 6.21 Å². The summed E-state index contributed by atoms with van der Waals surface area (Å²) in [6, 6.07) is 11.9. The van der Waals surface area contributed by atoms with E-state index >= 15 is 0 Å². The topological polar surface area (TPSA) is 70.6 Å². The summed E-state index contributed by atoms with van der Waals surface area (Å²) in [6.45, 7) is 1.77. The van der Waals surface area contributed by atoms with Crippen LogP contribution in [-0.4, -0.2) is 18.0 Å². The maximum absolute atomic E-state index is 11.8. The number of aryl methyl sites for hydroxylation is 1. The lowest BCUT2D eigenvalue weighted by molar-refractivity contribution is -0.136. The van der Waals surface area contributed by atoms with Gasteiger partial charge in [-0.25, -0.2) is 5.43 Å². The van der Waals surface area contributed by atoms with Gasteiger partial charge in [-0.1, -0.05) is 41.4 Å². The highest BCUT2D eigenvalue weighted by Gasteiger charge is 2.14. The maximum Gasteiger partial charge on any atom is 0.329 e. The molecule has 2 aromatic carbocycles. The Hall–Kier alpha value is -2.37. The molecule has 0 unspecified atom stereocenters. The summed E-state index contributed by atoms with van der Waals surface area (Å²) in [5, 5.41) is 7.24. The number of nitrogens with one attached hydrogen (secondary N) is 2. The van der Waals surface area contributed by atoms with Crippen molar-refractivity contribution in [3.8, 4) is 0 Å². The molecule has 2 amide bonds. The third kappa shape index (κ3) is 4.81. The summed E-state index contributed by atoms with van der Waals surface area (Å²) in [6.07, 6.45) is 1.36. The molecule has 0 aromatic heterocycles. The first-order valence-electron chi connectivity index (χ1n) is 6.62. The van der Waals surface area contributed by atoms with E-state index in [1.807, 2.05) is 0 Å². The van der Waals surface area contributed by atoms with Crippen molar-refractivity contribution < 1.29 is 9.59 Å².